The first-order chi connectivity index (χ1) is 18.6. The first kappa shape index (κ1) is 28.9. The van der Waals surface area contributed by atoms with E-state index < -0.39 is 29.4 Å². The normalized spacial score (nSPS) is 13.7. The number of aromatic nitrogens is 1. The summed E-state index contributed by atoms with van der Waals surface area (Å²) in [7, 11) is 0. The van der Waals surface area contributed by atoms with Crippen LogP contribution in [0.3, 0.4) is 0 Å². The zero-order valence-corrected chi connectivity index (χ0v) is 22.5. The number of morpholine rings is 1. The van der Waals surface area contributed by atoms with Crippen LogP contribution in [-0.4, -0.2) is 49.0 Å². The number of pyridine rings is 1. The van der Waals surface area contributed by atoms with Gasteiger partial charge in [-0.2, -0.15) is 13.2 Å². The Bertz CT molecular complexity index is 1370. The fourth-order valence-electron chi connectivity index (χ4n) is 4.02. The van der Waals surface area contributed by atoms with E-state index in [-0.39, 0.29) is 28.6 Å². The third kappa shape index (κ3) is 7.13. The number of halogens is 6. The van der Waals surface area contributed by atoms with E-state index in [0.29, 0.717) is 43.0 Å². The number of amides is 2. The van der Waals surface area contributed by atoms with Crippen molar-refractivity contribution in [2.45, 2.75) is 12.7 Å². The van der Waals surface area contributed by atoms with Crippen LogP contribution < -0.4 is 15.1 Å². The highest BCUT2D eigenvalue weighted by Crippen LogP contribution is 2.35. The Morgan fingerprint density at radius 2 is 1.82 bits per heavy atom. The molecule has 7 nitrogen and oxygen atoms in total. The van der Waals surface area contributed by atoms with Crippen LogP contribution in [0.25, 0.3) is 0 Å². The highest BCUT2D eigenvalue weighted by Gasteiger charge is 2.33. The number of carbonyl (C=O) groups excluding carboxylic acids is 2. The van der Waals surface area contributed by atoms with Gasteiger partial charge in [0.25, 0.3) is 5.91 Å². The summed E-state index contributed by atoms with van der Waals surface area (Å²) >= 11 is 18.3. The van der Waals surface area contributed by atoms with Crippen LogP contribution in [0.4, 0.5) is 30.2 Å². The molecule has 1 aliphatic rings. The third-order valence-corrected chi connectivity index (χ3v) is 6.78. The lowest BCUT2D eigenvalue weighted by Crippen LogP contribution is -2.36. The van der Waals surface area contributed by atoms with E-state index >= 15 is 0 Å². The summed E-state index contributed by atoms with van der Waals surface area (Å²) in [5.74, 6) is -2.03. The van der Waals surface area contributed by atoms with Crippen LogP contribution in [0.5, 0.6) is 0 Å². The van der Waals surface area contributed by atoms with Crippen molar-refractivity contribution in [1.82, 2.24) is 4.98 Å². The quantitative estimate of drug-likeness (QED) is 0.255. The summed E-state index contributed by atoms with van der Waals surface area (Å²) < 4.78 is 46.8. The van der Waals surface area contributed by atoms with E-state index in [9.17, 15) is 22.8 Å². The van der Waals surface area contributed by atoms with Crippen molar-refractivity contribution in [3.8, 4) is 0 Å². The van der Waals surface area contributed by atoms with E-state index in [1.54, 1.807) is 18.2 Å². The third-order valence-electron chi connectivity index (χ3n) is 5.95. The summed E-state index contributed by atoms with van der Waals surface area (Å²) in [6.45, 7) is 2.32. The minimum Gasteiger partial charge on any atom is -0.378 e. The molecule has 0 unspecified atom stereocenters. The molecular formula is C26H22Cl3F3N4O3. The largest absolute Gasteiger partial charge is 0.416 e. The number of hydrogen-bond acceptors (Lipinski definition) is 5. The Labute approximate surface area is 237 Å². The predicted octanol–water partition coefficient (Wildman–Crippen LogP) is 6.27. The van der Waals surface area contributed by atoms with Crippen molar-refractivity contribution >= 4 is 63.7 Å². The number of ether oxygens (including phenoxy) is 1. The van der Waals surface area contributed by atoms with Gasteiger partial charge in [0.05, 0.1) is 41.7 Å². The highest BCUT2D eigenvalue weighted by atomic mass is 35.5. The molecular weight excluding hydrogens is 580 g/mol. The minimum atomic E-state index is -4.80. The Balaban J connectivity index is 1.68. The average molecular weight is 602 g/mol. The Hall–Kier alpha value is -3.05. The highest BCUT2D eigenvalue weighted by molar-refractivity contribution is 6.33. The fraction of sp³-hybridized carbons (Fsp3) is 0.269. The van der Waals surface area contributed by atoms with Crippen molar-refractivity contribution in [2.24, 2.45) is 0 Å². The molecule has 1 aliphatic heterocycles. The average Bonchev–Trinajstić information content (AvgIpc) is 2.92. The van der Waals surface area contributed by atoms with Gasteiger partial charge in [-0.1, -0.05) is 29.3 Å². The number of alkyl halides is 4. The molecule has 1 N–H and O–H groups in total. The maximum absolute atomic E-state index is 13.8. The molecule has 0 radical (unpaired) electrons. The number of nitrogens with one attached hydrogen (secondary N) is 1. The lowest BCUT2D eigenvalue weighted by molar-refractivity contribution is -0.137. The van der Waals surface area contributed by atoms with E-state index in [1.807, 2.05) is 0 Å². The molecule has 1 saturated heterocycles. The topological polar surface area (TPSA) is 74.8 Å². The maximum atomic E-state index is 13.8. The molecule has 4 rings (SSSR count). The van der Waals surface area contributed by atoms with Gasteiger partial charge in [-0.25, -0.2) is 4.98 Å². The molecule has 3 aromatic rings. The van der Waals surface area contributed by atoms with E-state index in [0.717, 1.165) is 16.7 Å². The molecule has 0 aliphatic carbocycles. The van der Waals surface area contributed by atoms with Gasteiger partial charge in [0, 0.05) is 30.5 Å². The Kier molecular flexibility index (Phi) is 9.22. The standard InChI is InChI=1S/C26H22Cl3F3N4O3/c27-14-23(37)36(15-16-3-4-22(20(28)10-16)35-6-8-39-9-7-35)19-12-17(11-18(13-19)26(30,31)32)25(38)34-21-2-1-5-33-24(21)29/h1-5,10-13H,6-9,14-15H2,(H,34,38). The van der Waals surface area contributed by atoms with Gasteiger partial charge in [-0.05, 0) is 48.0 Å². The van der Waals surface area contributed by atoms with E-state index in [2.05, 4.69) is 15.2 Å². The van der Waals surface area contributed by atoms with Crippen LogP contribution in [0.15, 0.2) is 54.7 Å². The number of rotatable bonds is 7. The molecule has 0 spiro atoms. The van der Waals surface area contributed by atoms with Crippen molar-refractivity contribution in [2.75, 3.05) is 47.3 Å². The monoisotopic (exact) mass is 600 g/mol. The van der Waals surface area contributed by atoms with Gasteiger partial charge in [-0.3, -0.25) is 9.59 Å². The first-order valence-corrected chi connectivity index (χ1v) is 13.0. The number of anilines is 3. The van der Waals surface area contributed by atoms with E-state index in [4.69, 9.17) is 39.5 Å². The van der Waals surface area contributed by atoms with Gasteiger partial charge < -0.3 is 19.9 Å². The molecule has 1 aromatic heterocycles. The maximum Gasteiger partial charge on any atom is 0.416 e. The molecule has 39 heavy (non-hydrogen) atoms. The van der Waals surface area contributed by atoms with Crippen molar-refractivity contribution in [3.63, 3.8) is 0 Å². The number of carbonyl (C=O) groups is 2. The molecule has 2 heterocycles. The second kappa shape index (κ2) is 12.4. The smallest absolute Gasteiger partial charge is 0.378 e. The molecule has 0 bridgehead atoms. The van der Waals surface area contributed by atoms with Crippen molar-refractivity contribution in [1.29, 1.82) is 0 Å². The summed E-state index contributed by atoms with van der Waals surface area (Å²) in [5, 5.41) is 2.84. The first-order valence-electron chi connectivity index (χ1n) is 11.7. The van der Waals surface area contributed by atoms with Crippen LogP contribution in [-0.2, 0) is 22.3 Å². The van der Waals surface area contributed by atoms with Crippen molar-refractivity contribution in [3.05, 3.63) is 81.6 Å². The molecule has 0 saturated carbocycles. The lowest BCUT2D eigenvalue weighted by atomic mass is 10.1. The van der Waals surface area contributed by atoms with Gasteiger partial charge in [0.15, 0.2) is 5.15 Å². The lowest BCUT2D eigenvalue weighted by Gasteiger charge is -2.30. The number of benzene rings is 2. The van der Waals surface area contributed by atoms with Crippen LogP contribution >= 0.6 is 34.8 Å². The Morgan fingerprint density at radius 3 is 2.46 bits per heavy atom. The fourth-order valence-corrected chi connectivity index (χ4v) is 4.66. The van der Waals surface area contributed by atoms with E-state index in [1.165, 1.54) is 24.4 Å². The molecule has 2 amide bonds. The van der Waals surface area contributed by atoms with Crippen LogP contribution in [0.1, 0.15) is 21.5 Å². The molecule has 1 fully saturated rings. The van der Waals surface area contributed by atoms with Crippen molar-refractivity contribution < 1.29 is 27.5 Å². The minimum absolute atomic E-state index is 0.0330. The van der Waals surface area contributed by atoms with Gasteiger partial charge in [-0.15, -0.1) is 11.6 Å². The molecule has 0 atom stereocenters. The Morgan fingerprint density at radius 1 is 1.08 bits per heavy atom. The van der Waals surface area contributed by atoms with Crippen LogP contribution in [0.2, 0.25) is 10.2 Å². The summed E-state index contributed by atoms with van der Waals surface area (Å²) in [6, 6.07) is 10.8. The predicted molar refractivity (Wildman–Crippen MR) is 145 cm³/mol. The second-order valence-electron chi connectivity index (χ2n) is 8.56. The summed E-state index contributed by atoms with van der Waals surface area (Å²) in [4.78, 5) is 32.7. The van der Waals surface area contributed by atoms with Gasteiger partial charge >= 0.3 is 6.18 Å². The van der Waals surface area contributed by atoms with Gasteiger partial charge in [0.1, 0.15) is 5.88 Å². The SMILES string of the molecule is O=C(Nc1cccnc1Cl)c1cc(N(Cc2ccc(N3CCOCC3)c(Cl)c2)C(=O)CCl)cc(C(F)(F)F)c1. The zero-order chi connectivity index (χ0) is 28.2. The molecule has 206 valence electrons. The molecule has 13 heteroatoms. The van der Waals surface area contributed by atoms with Gasteiger partial charge in [0.2, 0.25) is 5.91 Å². The molecule has 2 aromatic carbocycles. The summed E-state index contributed by atoms with van der Waals surface area (Å²) in [6.07, 6.45) is -3.40. The second-order valence-corrected chi connectivity index (χ2v) is 9.59. The summed E-state index contributed by atoms with van der Waals surface area (Å²) in [5.41, 5.74) is -0.159. The number of nitrogens with zero attached hydrogens (tertiary/aromatic N) is 3. The van der Waals surface area contributed by atoms with Crippen LogP contribution in [0, 0.1) is 0 Å². The number of hydrogen-bond donors (Lipinski definition) is 1. The zero-order valence-electron chi connectivity index (χ0n) is 20.3.